The Labute approximate surface area is 205 Å². The maximum Gasteiger partial charge on any atom is 0.283 e. The Balaban J connectivity index is 1.33. The number of hydrogen-bond acceptors (Lipinski definition) is 6. The molecule has 9 heteroatoms. The van der Waals surface area contributed by atoms with Gasteiger partial charge in [0.2, 0.25) is 5.91 Å². The van der Waals surface area contributed by atoms with Crippen molar-refractivity contribution in [1.29, 1.82) is 0 Å². The predicted molar refractivity (Wildman–Crippen MR) is 134 cm³/mol. The van der Waals surface area contributed by atoms with Gasteiger partial charge in [-0.1, -0.05) is 42.1 Å². The first kappa shape index (κ1) is 22.7. The number of carbonyl (C=O) groups excluding carboxylic acids is 2. The molecule has 176 valence electrons. The number of nitrogens with one attached hydrogen (secondary N) is 1. The number of amidine groups is 1. The first-order valence-electron chi connectivity index (χ1n) is 10.8. The number of anilines is 2. The molecule has 0 saturated carbocycles. The fraction of sp³-hybridized carbons (Fsp3) is 0.115. The molecule has 0 radical (unpaired) electrons. The molecule has 2 amide bonds. The SMILES string of the molecule is O=C(CSC1=N/C(=C\c2ccccc2)C(=O)N1c1ccc(F)cc1)Nc1ccc2c(c1)OCCO2. The van der Waals surface area contributed by atoms with E-state index in [-0.39, 0.29) is 23.3 Å². The minimum absolute atomic E-state index is 0.0108. The van der Waals surface area contributed by atoms with Crippen molar-refractivity contribution in [2.45, 2.75) is 0 Å². The van der Waals surface area contributed by atoms with Crippen LogP contribution in [0.15, 0.2) is 83.5 Å². The summed E-state index contributed by atoms with van der Waals surface area (Å²) in [5.74, 6) is 0.180. The lowest BCUT2D eigenvalue weighted by Gasteiger charge is -2.19. The molecule has 0 aromatic heterocycles. The number of carbonyl (C=O) groups is 2. The van der Waals surface area contributed by atoms with Crippen molar-refractivity contribution < 1.29 is 23.5 Å². The van der Waals surface area contributed by atoms with Crippen LogP contribution in [-0.2, 0) is 9.59 Å². The van der Waals surface area contributed by atoms with E-state index in [1.54, 1.807) is 24.3 Å². The number of amides is 2. The van der Waals surface area contributed by atoms with E-state index in [1.807, 2.05) is 30.3 Å². The van der Waals surface area contributed by atoms with E-state index >= 15 is 0 Å². The van der Waals surface area contributed by atoms with Gasteiger partial charge >= 0.3 is 0 Å². The molecule has 0 spiro atoms. The maximum atomic E-state index is 13.5. The van der Waals surface area contributed by atoms with E-state index in [0.29, 0.717) is 41.3 Å². The van der Waals surface area contributed by atoms with Gasteiger partial charge in [-0.15, -0.1) is 0 Å². The molecule has 0 unspecified atom stereocenters. The van der Waals surface area contributed by atoms with Crippen molar-refractivity contribution in [1.82, 2.24) is 0 Å². The number of rotatable bonds is 5. The number of aliphatic imine (C=N–C) groups is 1. The van der Waals surface area contributed by atoms with Gasteiger partial charge in [-0.2, -0.15) is 0 Å². The van der Waals surface area contributed by atoms with Gasteiger partial charge < -0.3 is 14.8 Å². The number of ether oxygens (including phenoxy) is 2. The Morgan fingerprint density at radius 2 is 1.77 bits per heavy atom. The minimum atomic E-state index is -0.412. The highest BCUT2D eigenvalue weighted by Gasteiger charge is 2.32. The standard InChI is InChI=1S/C26H20FN3O4S/c27-18-6-9-20(10-7-18)30-25(32)21(14-17-4-2-1-3-5-17)29-26(30)35-16-24(31)28-19-8-11-22-23(15-19)34-13-12-33-22/h1-11,14-15H,12-13,16H2,(H,28,31)/b21-14-. The van der Waals surface area contributed by atoms with E-state index in [1.165, 1.54) is 29.2 Å². The summed E-state index contributed by atoms with van der Waals surface area (Å²) in [7, 11) is 0. The van der Waals surface area contributed by atoms with Gasteiger partial charge in [0.25, 0.3) is 5.91 Å². The molecule has 0 fully saturated rings. The third-order valence-corrected chi connectivity index (χ3v) is 6.11. The molecular weight excluding hydrogens is 469 g/mol. The predicted octanol–water partition coefficient (Wildman–Crippen LogP) is 4.71. The summed E-state index contributed by atoms with van der Waals surface area (Å²) in [5.41, 5.74) is 2.09. The van der Waals surface area contributed by atoms with Crippen LogP contribution in [-0.4, -0.2) is 35.9 Å². The minimum Gasteiger partial charge on any atom is -0.486 e. The molecule has 0 saturated heterocycles. The van der Waals surface area contributed by atoms with Gasteiger partial charge in [-0.05, 0) is 48.0 Å². The number of fused-ring (bicyclic) bond motifs is 1. The quantitative estimate of drug-likeness (QED) is 0.525. The van der Waals surface area contributed by atoms with Crippen molar-refractivity contribution in [3.05, 3.63) is 89.9 Å². The molecule has 35 heavy (non-hydrogen) atoms. The zero-order valence-electron chi connectivity index (χ0n) is 18.4. The van der Waals surface area contributed by atoms with E-state index in [2.05, 4.69) is 10.3 Å². The molecule has 7 nitrogen and oxygen atoms in total. The lowest BCUT2D eigenvalue weighted by molar-refractivity contribution is -0.114. The lowest BCUT2D eigenvalue weighted by atomic mass is 10.2. The highest BCUT2D eigenvalue weighted by molar-refractivity contribution is 8.14. The van der Waals surface area contributed by atoms with Crippen LogP contribution >= 0.6 is 11.8 Å². The second kappa shape index (κ2) is 10.0. The molecule has 0 bridgehead atoms. The highest BCUT2D eigenvalue weighted by atomic mass is 32.2. The van der Waals surface area contributed by atoms with Crippen LogP contribution in [0.3, 0.4) is 0 Å². The van der Waals surface area contributed by atoms with Crippen LogP contribution in [0.4, 0.5) is 15.8 Å². The Bertz CT molecular complexity index is 1330. The van der Waals surface area contributed by atoms with E-state index in [4.69, 9.17) is 9.47 Å². The maximum absolute atomic E-state index is 13.5. The third kappa shape index (κ3) is 5.20. The number of hydrogen-bond donors (Lipinski definition) is 1. The highest BCUT2D eigenvalue weighted by Crippen LogP contribution is 2.33. The van der Waals surface area contributed by atoms with E-state index in [0.717, 1.165) is 17.3 Å². The normalized spacial score (nSPS) is 15.8. The van der Waals surface area contributed by atoms with Crippen molar-refractivity contribution in [3.8, 4) is 11.5 Å². The van der Waals surface area contributed by atoms with E-state index < -0.39 is 5.82 Å². The monoisotopic (exact) mass is 489 g/mol. The fourth-order valence-corrected chi connectivity index (χ4v) is 4.38. The molecule has 3 aromatic carbocycles. The van der Waals surface area contributed by atoms with Crippen LogP contribution in [0.25, 0.3) is 6.08 Å². The van der Waals surface area contributed by atoms with Crippen molar-refractivity contribution in [2.75, 3.05) is 29.2 Å². The summed E-state index contributed by atoms with van der Waals surface area (Å²) in [5, 5.41) is 3.16. The van der Waals surface area contributed by atoms with Crippen molar-refractivity contribution in [3.63, 3.8) is 0 Å². The zero-order chi connectivity index (χ0) is 24.2. The van der Waals surface area contributed by atoms with Gasteiger partial charge in [0.05, 0.1) is 11.4 Å². The summed E-state index contributed by atoms with van der Waals surface area (Å²) in [6.45, 7) is 0.938. The number of nitrogens with zero attached hydrogens (tertiary/aromatic N) is 2. The van der Waals surface area contributed by atoms with Crippen LogP contribution in [0.2, 0.25) is 0 Å². The molecule has 2 heterocycles. The molecule has 1 N–H and O–H groups in total. The van der Waals surface area contributed by atoms with Gasteiger partial charge in [0.1, 0.15) is 24.7 Å². The fourth-order valence-electron chi connectivity index (χ4n) is 3.57. The molecular formula is C26H20FN3O4S. The van der Waals surface area contributed by atoms with Gasteiger partial charge in [-0.3, -0.25) is 14.5 Å². The first-order valence-corrected chi connectivity index (χ1v) is 11.8. The summed E-state index contributed by atoms with van der Waals surface area (Å²) < 4.78 is 24.5. The Morgan fingerprint density at radius 3 is 2.54 bits per heavy atom. The topological polar surface area (TPSA) is 80.2 Å². The average Bonchev–Trinajstić information content (AvgIpc) is 3.18. The first-order chi connectivity index (χ1) is 17.1. The molecule has 2 aliphatic rings. The number of thioether (sulfide) groups is 1. The molecule has 3 aromatic rings. The van der Waals surface area contributed by atoms with Gasteiger partial charge in [0.15, 0.2) is 16.7 Å². The lowest BCUT2D eigenvalue weighted by Crippen LogP contribution is -2.31. The third-order valence-electron chi connectivity index (χ3n) is 5.18. The van der Waals surface area contributed by atoms with E-state index in [9.17, 15) is 14.0 Å². The number of halogens is 1. The second-order valence-corrected chi connectivity index (χ2v) is 8.59. The number of benzene rings is 3. The Kier molecular flexibility index (Phi) is 6.49. The zero-order valence-corrected chi connectivity index (χ0v) is 19.3. The molecule has 0 aliphatic carbocycles. The Hall–Kier alpha value is -4.11. The molecule has 0 atom stereocenters. The summed E-state index contributed by atoms with van der Waals surface area (Å²) in [6.07, 6.45) is 1.68. The largest absolute Gasteiger partial charge is 0.486 e. The van der Waals surface area contributed by atoms with Crippen LogP contribution < -0.4 is 19.7 Å². The summed E-state index contributed by atoms with van der Waals surface area (Å²) in [6, 6.07) is 20.1. The van der Waals surface area contributed by atoms with Crippen LogP contribution in [0, 0.1) is 5.82 Å². The van der Waals surface area contributed by atoms with Crippen LogP contribution in [0.5, 0.6) is 11.5 Å². The van der Waals surface area contributed by atoms with Gasteiger partial charge in [0, 0.05) is 11.8 Å². The van der Waals surface area contributed by atoms with Gasteiger partial charge in [-0.25, -0.2) is 9.38 Å². The second-order valence-electron chi connectivity index (χ2n) is 7.65. The van der Waals surface area contributed by atoms with Crippen molar-refractivity contribution in [2.24, 2.45) is 4.99 Å². The smallest absolute Gasteiger partial charge is 0.283 e. The summed E-state index contributed by atoms with van der Waals surface area (Å²) in [4.78, 5) is 31.7. The molecule has 2 aliphatic heterocycles. The molecule has 5 rings (SSSR count). The summed E-state index contributed by atoms with van der Waals surface area (Å²) >= 11 is 1.12. The van der Waals surface area contributed by atoms with Crippen molar-refractivity contribution >= 4 is 46.2 Å². The van der Waals surface area contributed by atoms with Crippen LogP contribution in [0.1, 0.15) is 5.56 Å². The Morgan fingerprint density at radius 1 is 1.03 bits per heavy atom. The average molecular weight is 490 g/mol.